The SMILES string of the molecule is CC[C@@H](CO)N1C(=O)[C@@H]2[C@@H]3C(=O)N(C)CC=C[C@]3(C)S[C@@]23C=CCN(c2ccccc2Cl)C(=O)C13. The fourth-order valence-corrected chi connectivity index (χ4v) is 8.66. The molecule has 0 bridgehead atoms. The number of nitrogens with zero attached hydrogens (tertiary/aromatic N) is 3. The molecule has 0 saturated carbocycles. The predicted molar refractivity (Wildman–Crippen MR) is 137 cm³/mol. The minimum absolute atomic E-state index is 0.0917. The summed E-state index contributed by atoms with van der Waals surface area (Å²) in [6, 6.07) is 5.76. The molecule has 1 aromatic carbocycles. The van der Waals surface area contributed by atoms with Crippen molar-refractivity contribution in [3.8, 4) is 0 Å². The third kappa shape index (κ3) is 3.40. The normalized spacial score (nSPS) is 35.1. The molecule has 3 amide bonds. The number of amides is 3. The molecule has 5 rings (SSSR count). The lowest BCUT2D eigenvalue weighted by Crippen LogP contribution is -2.56. The van der Waals surface area contributed by atoms with Gasteiger partial charge in [0.05, 0.1) is 39.9 Å². The Labute approximate surface area is 214 Å². The summed E-state index contributed by atoms with van der Waals surface area (Å²) in [6.45, 7) is 4.41. The molecule has 1 N–H and O–H groups in total. The van der Waals surface area contributed by atoms with Crippen LogP contribution < -0.4 is 4.90 Å². The third-order valence-corrected chi connectivity index (χ3v) is 10.0. The molecule has 35 heavy (non-hydrogen) atoms. The van der Waals surface area contributed by atoms with Crippen LogP contribution in [-0.2, 0) is 14.4 Å². The molecule has 4 aliphatic rings. The number of rotatable bonds is 4. The summed E-state index contributed by atoms with van der Waals surface area (Å²) in [5.41, 5.74) is 0.577. The lowest BCUT2D eigenvalue weighted by Gasteiger charge is -2.39. The highest BCUT2D eigenvalue weighted by atomic mass is 35.5. The van der Waals surface area contributed by atoms with Gasteiger partial charge in [-0.25, -0.2) is 0 Å². The predicted octanol–water partition coefficient (Wildman–Crippen LogP) is 2.73. The molecule has 9 heteroatoms. The van der Waals surface area contributed by atoms with Crippen molar-refractivity contribution in [3.63, 3.8) is 0 Å². The number of aliphatic hydroxyl groups excluding tert-OH is 1. The highest BCUT2D eigenvalue weighted by Crippen LogP contribution is 2.65. The lowest BCUT2D eigenvalue weighted by molar-refractivity contribution is -0.144. The first kappa shape index (κ1) is 24.4. The van der Waals surface area contributed by atoms with E-state index in [1.165, 1.54) is 11.8 Å². The van der Waals surface area contributed by atoms with E-state index in [1.807, 2.05) is 50.3 Å². The summed E-state index contributed by atoms with van der Waals surface area (Å²) in [5, 5.41) is 10.7. The summed E-state index contributed by atoms with van der Waals surface area (Å²) in [5.74, 6) is -1.91. The minimum Gasteiger partial charge on any atom is -0.394 e. The van der Waals surface area contributed by atoms with Gasteiger partial charge in [-0.1, -0.05) is 55.0 Å². The molecule has 1 aromatic rings. The van der Waals surface area contributed by atoms with E-state index in [1.54, 1.807) is 33.9 Å². The van der Waals surface area contributed by atoms with Gasteiger partial charge in [-0.2, -0.15) is 0 Å². The van der Waals surface area contributed by atoms with E-state index >= 15 is 0 Å². The Morgan fingerprint density at radius 2 is 1.80 bits per heavy atom. The smallest absolute Gasteiger partial charge is 0.251 e. The minimum atomic E-state index is -0.940. The van der Waals surface area contributed by atoms with Gasteiger partial charge < -0.3 is 19.8 Å². The Morgan fingerprint density at radius 3 is 2.49 bits per heavy atom. The van der Waals surface area contributed by atoms with Gasteiger partial charge in [-0.05, 0) is 25.5 Å². The van der Waals surface area contributed by atoms with Crippen molar-refractivity contribution in [2.45, 2.75) is 41.8 Å². The molecule has 0 aliphatic carbocycles. The second-order valence-electron chi connectivity index (χ2n) is 9.91. The maximum absolute atomic E-state index is 14.4. The lowest BCUT2D eigenvalue weighted by atomic mass is 9.74. The fourth-order valence-electron chi connectivity index (χ4n) is 6.28. The van der Waals surface area contributed by atoms with E-state index in [-0.39, 0.29) is 24.3 Å². The molecule has 0 aromatic heterocycles. The summed E-state index contributed by atoms with van der Waals surface area (Å²) in [6.07, 6.45) is 8.39. The molecule has 6 atom stereocenters. The van der Waals surface area contributed by atoms with Gasteiger partial charge in [-0.15, -0.1) is 11.8 Å². The number of hydrogen-bond donors (Lipinski definition) is 1. The van der Waals surface area contributed by atoms with Gasteiger partial charge in [0.15, 0.2) is 0 Å². The first-order valence-electron chi connectivity index (χ1n) is 12.0. The van der Waals surface area contributed by atoms with Crippen LogP contribution in [0, 0.1) is 11.8 Å². The third-order valence-electron chi connectivity index (χ3n) is 7.91. The molecule has 1 spiro atoms. The van der Waals surface area contributed by atoms with Crippen LogP contribution in [0.2, 0.25) is 5.02 Å². The molecule has 4 heterocycles. The summed E-state index contributed by atoms with van der Waals surface area (Å²) >= 11 is 8.02. The molecule has 2 saturated heterocycles. The molecule has 0 radical (unpaired) electrons. The molecule has 186 valence electrons. The largest absolute Gasteiger partial charge is 0.394 e. The molecular formula is C26H30ClN3O4S. The zero-order valence-electron chi connectivity index (χ0n) is 20.1. The van der Waals surface area contributed by atoms with Crippen molar-refractivity contribution in [2.75, 3.05) is 31.6 Å². The average molecular weight is 516 g/mol. The molecule has 1 unspecified atom stereocenters. The standard InChI is InChI=1S/C26H30ClN3O4S/c1-4-16(15-31)30-21-24(34)29(18-10-6-5-9-17(18)27)14-8-12-26(21)20(23(30)33)19-22(32)28(3)13-7-11-25(19,2)35-26/h5-12,16,19-21,31H,4,13-15H2,1-3H3/t16-,19+,20-,21?,25-,26-/m0/s1. The van der Waals surface area contributed by atoms with Crippen LogP contribution in [0.1, 0.15) is 20.3 Å². The highest BCUT2D eigenvalue weighted by Gasteiger charge is 2.74. The molecular weight excluding hydrogens is 486 g/mol. The Bertz CT molecular complexity index is 1140. The number of carbonyl (C=O) groups excluding carboxylic acids is 3. The van der Waals surface area contributed by atoms with Gasteiger partial charge in [0, 0.05) is 24.9 Å². The Hall–Kier alpha value is -2.29. The van der Waals surface area contributed by atoms with Crippen LogP contribution >= 0.6 is 23.4 Å². The Morgan fingerprint density at radius 1 is 1.09 bits per heavy atom. The fraction of sp³-hybridized carbons (Fsp3) is 0.500. The second-order valence-corrected chi connectivity index (χ2v) is 12.1. The van der Waals surface area contributed by atoms with E-state index < -0.39 is 33.4 Å². The zero-order valence-corrected chi connectivity index (χ0v) is 21.6. The van der Waals surface area contributed by atoms with Crippen LogP contribution in [0.15, 0.2) is 48.6 Å². The van der Waals surface area contributed by atoms with E-state index in [2.05, 4.69) is 0 Å². The van der Waals surface area contributed by atoms with Crippen molar-refractivity contribution in [3.05, 3.63) is 53.6 Å². The number of likely N-dealkylation sites (N-methyl/N-ethyl adjacent to an activating group) is 1. The number of para-hydroxylation sites is 1. The number of anilines is 1. The number of thioether (sulfide) groups is 1. The first-order chi connectivity index (χ1) is 16.7. The summed E-state index contributed by atoms with van der Waals surface area (Å²) in [4.78, 5) is 47.0. The Kier molecular flexibility index (Phi) is 6.05. The number of carbonyl (C=O) groups is 3. The molecule has 2 fully saturated rings. The number of likely N-dealkylation sites (tertiary alicyclic amines) is 1. The zero-order chi connectivity index (χ0) is 25.1. The maximum Gasteiger partial charge on any atom is 0.251 e. The van der Waals surface area contributed by atoms with Crippen molar-refractivity contribution in [2.24, 2.45) is 11.8 Å². The summed E-state index contributed by atoms with van der Waals surface area (Å²) < 4.78 is -1.58. The van der Waals surface area contributed by atoms with Crippen molar-refractivity contribution < 1.29 is 19.5 Å². The van der Waals surface area contributed by atoms with Gasteiger partial charge in [0.2, 0.25) is 11.8 Å². The van der Waals surface area contributed by atoms with Crippen LogP contribution in [0.4, 0.5) is 5.69 Å². The van der Waals surface area contributed by atoms with E-state index in [0.29, 0.717) is 30.2 Å². The number of aliphatic hydroxyl groups is 1. The number of hydrogen-bond acceptors (Lipinski definition) is 5. The van der Waals surface area contributed by atoms with Gasteiger partial charge in [-0.3, -0.25) is 14.4 Å². The van der Waals surface area contributed by atoms with Gasteiger partial charge in [0.25, 0.3) is 5.91 Å². The summed E-state index contributed by atoms with van der Waals surface area (Å²) in [7, 11) is 1.75. The van der Waals surface area contributed by atoms with Crippen molar-refractivity contribution in [1.82, 2.24) is 9.80 Å². The number of benzene rings is 1. The average Bonchev–Trinajstić information content (AvgIpc) is 3.11. The van der Waals surface area contributed by atoms with Crippen molar-refractivity contribution >= 4 is 46.8 Å². The monoisotopic (exact) mass is 515 g/mol. The Balaban J connectivity index is 1.70. The van der Waals surface area contributed by atoms with Gasteiger partial charge in [0.1, 0.15) is 6.04 Å². The van der Waals surface area contributed by atoms with Crippen LogP contribution in [0.5, 0.6) is 0 Å². The van der Waals surface area contributed by atoms with Crippen LogP contribution in [0.25, 0.3) is 0 Å². The topological polar surface area (TPSA) is 81.2 Å². The first-order valence-corrected chi connectivity index (χ1v) is 13.2. The van der Waals surface area contributed by atoms with Crippen LogP contribution in [0.3, 0.4) is 0 Å². The molecule has 4 aliphatic heterocycles. The second kappa shape index (κ2) is 8.68. The quantitative estimate of drug-likeness (QED) is 0.624. The number of fused-ring (bicyclic) bond motifs is 2. The number of halogens is 1. The van der Waals surface area contributed by atoms with E-state index in [4.69, 9.17) is 11.6 Å². The maximum atomic E-state index is 14.4. The highest BCUT2D eigenvalue weighted by molar-refractivity contribution is 8.02. The van der Waals surface area contributed by atoms with Crippen LogP contribution in [-0.4, -0.2) is 80.9 Å². The van der Waals surface area contributed by atoms with E-state index in [9.17, 15) is 19.5 Å². The molecule has 7 nitrogen and oxygen atoms in total. The van der Waals surface area contributed by atoms with E-state index in [0.717, 1.165) is 0 Å². The van der Waals surface area contributed by atoms with Crippen molar-refractivity contribution in [1.29, 1.82) is 0 Å². The van der Waals surface area contributed by atoms with Gasteiger partial charge >= 0.3 is 0 Å².